The molecule has 0 saturated heterocycles. The lowest BCUT2D eigenvalue weighted by Crippen LogP contribution is -2.31. The van der Waals surface area contributed by atoms with Gasteiger partial charge < -0.3 is 10.8 Å². The summed E-state index contributed by atoms with van der Waals surface area (Å²) in [4.78, 5) is 10.4. The number of nitrogens with zero attached hydrogens (tertiary/aromatic N) is 2. The number of hydrogen-bond acceptors (Lipinski definition) is 3. The van der Waals surface area contributed by atoms with Gasteiger partial charge in [-0.05, 0) is 22.4 Å². The van der Waals surface area contributed by atoms with Gasteiger partial charge in [-0.3, -0.25) is 9.48 Å². The largest absolute Gasteiger partial charge is 0.480 e. The second-order valence-electron chi connectivity index (χ2n) is 2.66. The van der Waals surface area contributed by atoms with Crippen molar-refractivity contribution in [1.82, 2.24) is 9.78 Å². The van der Waals surface area contributed by atoms with Gasteiger partial charge in [0.05, 0.1) is 10.7 Å². The van der Waals surface area contributed by atoms with Crippen LogP contribution in [0.4, 0.5) is 0 Å². The van der Waals surface area contributed by atoms with E-state index < -0.39 is 12.0 Å². The molecule has 0 bridgehead atoms. The van der Waals surface area contributed by atoms with Crippen LogP contribution in [0, 0.1) is 0 Å². The van der Waals surface area contributed by atoms with Crippen molar-refractivity contribution in [3.63, 3.8) is 0 Å². The van der Waals surface area contributed by atoms with Crippen LogP contribution in [0.2, 0.25) is 0 Å². The molecule has 3 N–H and O–H groups in total. The average Bonchev–Trinajstić information content (AvgIpc) is 2.47. The van der Waals surface area contributed by atoms with Crippen molar-refractivity contribution in [1.29, 1.82) is 0 Å². The van der Waals surface area contributed by atoms with Crippen molar-refractivity contribution in [2.75, 3.05) is 0 Å². The molecule has 0 radical (unpaired) electrons. The summed E-state index contributed by atoms with van der Waals surface area (Å²) >= 11 is 3.24. The molecule has 0 saturated carbocycles. The van der Waals surface area contributed by atoms with Crippen molar-refractivity contribution < 1.29 is 9.90 Å². The van der Waals surface area contributed by atoms with Crippen molar-refractivity contribution >= 4 is 21.9 Å². The topological polar surface area (TPSA) is 81.1 Å². The molecular formula is C7H10BrN3O2. The third-order valence-corrected chi connectivity index (χ3v) is 2.00. The fraction of sp³-hybridized carbons (Fsp3) is 0.429. The van der Waals surface area contributed by atoms with Crippen molar-refractivity contribution in [3.05, 3.63) is 16.9 Å². The molecule has 1 aromatic rings. The molecule has 0 spiro atoms. The van der Waals surface area contributed by atoms with Gasteiger partial charge in [0.25, 0.3) is 0 Å². The van der Waals surface area contributed by atoms with E-state index in [1.54, 1.807) is 17.1 Å². The Morgan fingerprint density at radius 1 is 1.85 bits per heavy atom. The van der Waals surface area contributed by atoms with Crippen LogP contribution < -0.4 is 5.73 Å². The molecule has 72 valence electrons. The first-order valence-electron chi connectivity index (χ1n) is 3.76. The molecule has 0 aromatic carbocycles. The number of rotatable bonds is 4. The first kappa shape index (κ1) is 10.2. The SMILES string of the molecule is N[C@@H](CCn1cc(Br)cn1)C(=O)O. The quantitative estimate of drug-likeness (QED) is 0.810. The molecule has 5 nitrogen and oxygen atoms in total. The highest BCUT2D eigenvalue weighted by Gasteiger charge is 2.10. The Labute approximate surface area is 83.7 Å². The highest BCUT2D eigenvalue weighted by molar-refractivity contribution is 9.10. The average molecular weight is 248 g/mol. The number of carbonyl (C=O) groups is 1. The minimum atomic E-state index is -0.980. The minimum absolute atomic E-state index is 0.378. The fourth-order valence-electron chi connectivity index (χ4n) is 0.855. The summed E-state index contributed by atoms with van der Waals surface area (Å²) in [6.45, 7) is 0.513. The Hall–Kier alpha value is -0.880. The number of aryl methyl sites for hydroxylation is 1. The third kappa shape index (κ3) is 3.16. The smallest absolute Gasteiger partial charge is 0.320 e. The number of nitrogens with two attached hydrogens (primary N) is 1. The summed E-state index contributed by atoms with van der Waals surface area (Å²) in [6.07, 6.45) is 3.80. The third-order valence-electron chi connectivity index (χ3n) is 1.59. The molecular weight excluding hydrogens is 238 g/mol. The van der Waals surface area contributed by atoms with E-state index in [-0.39, 0.29) is 0 Å². The molecule has 6 heteroatoms. The molecule has 0 aliphatic rings. The van der Waals surface area contributed by atoms with Gasteiger partial charge in [0.1, 0.15) is 6.04 Å². The maximum absolute atomic E-state index is 10.4. The zero-order valence-corrected chi connectivity index (χ0v) is 8.44. The summed E-state index contributed by atoms with van der Waals surface area (Å²) in [5, 5.41) is 12.5. The summed E-state index contributed by atoms with van der Waals surface area (Å²) in [5.74, 6) is -0.980. The highest BCUT2D eigenvalue weighted by Crippen LogP contribution is 2.06. The van der Waals surface area contributed by atoms with Gasteiger partial charge in [-0.1, -0.05) is 0 Å². The van der Waals surface area contributed by atoms with Crippen LogP contribution in [0.1, 0.15) is 6.42 Å². The first-order chi connectivity index (χ1) is 6.09. The molecule has 1 rings (SSSR count). The van der Waals surface area contributed by atoms with Gasteiger partial charge in [-0.2, -0.15) is 5.10 Å². The Morgan fingerprint density at radius 2 is 2.54 bits per heavy atom. The van der Waals surface area contributed by atoms with Crippen LogP contribution in [-0.2, 0) is 11.3 Å². The van der Waals surface area contributed by atoms with E-state index in [4.69, 9.17) is 10.8 Å². The number of halogens is 1. The van der Waals surface area contributed by atoms with E-state index >= 15 is 0 Å². The minimum Gasteiger partial charge on any atom is -0.480 e. The van der Waals surface area contributed by atoms with Crippen LogP contribution in [0.5, 0.6) is 0 Å². The van der Waals surface area contributed by atoms with E-state index in [0.29, 0.717) is 13.0 Å². The summed E-state index contributed by atoms with van der Waals surface area (Å²) in [7, 11) is 0. The van der Waals surface area contributed by atoms with Crippen LogP contribution in [0.25, 0.3) is 0 Å². The molecule has 0 amide bonds. The summed E-state index contributed by atoms with van der Waals surface area (Å²) in [6, 6.07) is -0.817. The molecule has 0 aliphatic carbocycles. The van der Waals surface area contributed by atoms with Crippen LogP contribution in [0.15, 0.2) is 16.9 Å². The van der Waals surface area contributed by atoms with Crippen LogP contribution in [0.3, 0.4) is 0 Å². The lowest BCUT2D eigenvalue weighted by Gasteiger charge is -2.05. The molecule has 0 fully saturated rings. The Kier molecular flexibility index (Phi) is 3.44. The van der Waals surface area contributed by atoms with E-state index in [0.717, 1.165) is 4.47 Å². The molecule has 0 unspecified atom stereocenters. The molecule has 13 heavy (non-hydrogen) atoms. The van der Waals surface area contributed by atoms with Crippen molar-refractivity contribution in [3.8, 4) is 0 Å². The van der Waals surface area contributed by atoms with Gasteiger partial charge in [0, 0.05) is 12.7 Å². The number of carboxylic acids is 1. The number of hydrogen-bond donors (Lipinski definition) is 2. The van der Waals surface area contributed by atoms with E-state index in [9.17, 15) is 4.79 Å². The zero-order chi connectivity index (χ0) is 9.84. The van der Waals surface area contributed by atoms with Crippen LogP contribution in [-0.4, -0.2) is 26.9 Å². The molecule has 1 heterocycles. The van der Waals surface area contributed by atoms with Gasteiger partial charge >= 0.3 is 5.97 Å². The molecule has 1 aromatic heterocycles. The van der Waals surface area contributed by atoms with Gasteiger partial charge in [0.15, 0.2) is 0 Å². The Bertz CT molecular complexity index is 300. The second kappa shape index (κ2) is 4.38. The number of aliphatic carboxylic acids is 1. The van der Waals surface area contributed by atoms with Gasteiger partial charge in [0.2, 0.25) is 0 Å². The fourth-order valence-corrected chi connectivity index (χ4v) is 1.18. The molecule has 1 atom stereocenters. The molecule has 0 aliphatic heterocycles. The maximum Gasteiger partial charge on any atom is 0.320 e. The predicted molar refractivity (Wildman–Crippen MR) is 50.2 cm³/mol. The zero-order valence-electron chi connectivity index (χ0n) is 6.85. The highest BCUT2D eigenvalue weighted by atomic mass is 79.9. The Morgan fingerprint density at radius 3 is 3.00 bits per heavy atom. The van der Waals surface area contributed by atoms with E-state index in [1.807, 2.05) is 0 Å². The van der Waals surface area contributed by atoms with E-state index in [2.05, 4.69) is 21.0 Å². The van der Waals surface area contributed by atoms with E-state index in [1.165, 1.54) is 0 Å². The standard InChI is InChI=1S/C7H10BrN3O2/c8-5-3-10-11(4-5)2-1-6(9)7(12)13/h3-4,6H,1-2,9H2,(H,12,13)/t6-/m0/s1. The first-order valence-corrected chi connectivity index (χ1v) is 4.55. The van der Waals surface area contributed by atoms with Crippen LogP contribution >= 0.6 is 15.9 Å². The lowest BCUT2D eigenvalue weighted by molar-refractivity contribution is -0.138. The lowest BCUT2D eigenvalue weighted by atomic mass is 10.2. The monoisotopic (exact) mass is 247 g/mol. The van der Waals surface area contributed by atoms with Crippen molar-refractivity contribution in [2.24, 2.45) is 5.73 Å². The van der Waals surface area contributed by atoms with Crippen molar-refractivity contribution in [2.45, 2.75) is 19.0 Å². The predicted octanol–water partition coefficient (Wildman–Crippen LogP) is 0.448. The summed E-state index contributed by atoms with van der Waals surface area (Å²) < 4.78 is 2.52. The number of aromatic nitrogens is 2. The summed E-state index contributed by atoms with van der Waals surface area (Å²) in [5.41, 5.74) is 5.32. The number of carboxylic acid groups (broad SMARTS) is 1. The maximum atomic E-state index is 10.4. The van der Waals surface area contributed by atoms with Gasteiger partial charge in [-0.15, -0.1) is 0 Å². The van der Waals surface area contributed by atoms with Gasteiger partial charge in [-0.25, -0.2) is 0 Å². The normalized spacial score (nSPS) is 12.8. The second-order valence-corrected chi connectivity index (χ2v) is 3.57. The Balaban J connectivity index is 2.39.